The molecule has 1 heterocycles. The van der Waals surface area contributed by atoms with Crippen LogP contribution in [0.3, 0.4) is 0 Å². The minimum Gasteiger partial charge on any atom is -0.288 e. The van der Waals surface area contributed by atoms with Crippen molar-refractivity contribution in [2.75, 3.05) is 0 Å². The van der Waals surface area contributed by atoms with Gasteiger partial charge in [-0.15, -0.1) is 11.3 Å². The number of sulfonamides is 1. The molecule has 0 unspecified atom stereocenters. The Morgan fingerprint density at radius 2 is 1.50 bits per heavy atom. The number of ketones is 1. The summed E-state index contributed by atoms with van der Waals surface area (Å²) in [6.45, 7) is 0. The van der Waals surface area contributed by atoms with Gasteiger partial charge in [0.25, 0.3) is 10.0 Å². The minimum atomic E-state index is -4.01. The number of carbonyl (C=O) groups excluding carboxylic acids is 1. The first-order valence-electron chi connectivity index (χ1n) is 8.74. The molecule has 4 aromatic rings. The molecule has 0 radical (unpaired) electrons. The van der Waals surface area contributed by atoms with E-state index in [0.717, 1.165) is 0 Å². The van der Waals surface area contributed by atoms with Crippen molar-refractivity contribution < 1.29 is 13.2 Å². The van der Waals surface area contributed by atoms with Gasteiger partial charge in [0.2, 0.25) is 5.78 Å². The van der Waals surface area contributed by atoms with Crippen LogP contribution in [0.2, 0.25) is 10.0 Å². The van der Waals surface area contributed by atoms with Crippen LogP contribution in [0.1, 0.15) is 15.2 Å². The van der Waals surface area contributed by atoms with Crippen LogP contribution in [0.4, 0.5) is 0 Å². The van der Waals surface area contributed by atoms with E-state index >= 15 is 0 Å². The maximum absolute atomic E-state index is 13.0. The topological polar surface area (TPSA) is 63.6 Å². The predicted octanol–water partition coefficient (Wildman–Crippen LogP) is 5.73. The van der Waals surface area contributed by atoms with E-state index in [2.05, 4.69) is 4.40 Å². The van der Waals surface area contributed by atoms with Crippen molar-refractivity contribution in [3.05, 3.63) is 105 Å². The van der Waals surface area contributed by atoms with Gasteiger partial charge < -0.3 is 0 Å². The van der Waals surface area contributed by atoms with Crippen molar-refractivity contribution in [2.45, 2.75) is 4.90 Å². The molecule has 0 aliphatic rings. The third-order valence-electron chi connectivity index (χ3n) is 4.28. The molecule has 3 aromatic carbocycles. The van der Waals surface area contributed by atoms with Crippen LogP contribution in [0.25, 0.3) is 10.1 Å². The molecule has 0 atom stereocenters. The van der Waals surface area contributed by atoms with Gasteiger partial charge in [-0.1, -0.05) is 71.7 Å². The SMILES string of the molecule is O=C(c1ccccc1)c1c/c(=N/S(=O)(=O)c2ccccc2)c2c(Cl)cc(Cl)cc2s1. The van der Waals surface area contributed by atoms with Gasteiger partial charge in [0.05, 0.1) is 20.2 Å². The summed E-state index contributed by atoms with van der Waals surface area (Å²) < 4.78 is 30.3. The first kappa shape index (κ1) is 20.8. The van der Waals surface area contributed by atoms with Gasteiger partial charge in [-0.2, -0.15) is 12.8 Å². The molecule has 0 saturated heterocycles. The molecule has 0 spiro atoms. The zero-order valence-corrected chi connectivity index (χ0v) is 18.4. The predicted molar refractivity (Wildman–Crippen MR) is 121 cm³/mol. The van der Waals surface area contributed by atoms with Crippen LogP contribution in [-0.2, 0) is 10.0 Å². The maximum Gasteiger partial charge on any atom is 0.282 e. The monoisotopic (exact) mass is 473 g/mol. The zero-order chi connectivity index (χ0) is 21.3. The van der Waals surface area contributed by atoms with Crippen LogP contribution < -0.4 is 5.36 Å². The Kier molecular flexibility index (Phi) is 5.75. The summed E-state index contributed by atoms with van der Waals surface area (Å²) in [6, 6.07) is 21.2. The molecular formula is C22H13Cl2NO3S2. The normalized spacial score (nSPS) is 12.3. The Morgan fingerprint density at radius 3 is 2.17 bits per heavy atom. The Hall–Kier alpha value is -2.51. The average molecular weight is 474 g/mol. The van der Waals surface area contributed by atoms with Gasteiger partial charge in [0.1, 0.15) is 0 Å². The van der Waals surface area contributed by atoms with Gasteiger partial charge in [0, 0.05) is 20.7 Å². The third kappa shape index (κ3) is 4.18. The second-order valence-corrected chi connectivity index (χ2v) is 9.86. The molecule has 0 N–H and O–H groups in total. The summed E-state index contributed by atoms with van der Waals surface area (Å²) >= 11 is 13.7. The summed E-state index contributed by atoms with van der Waals surface area (Å²) in [5, 5.41) is 1.16. The molecule has 0 fully saturated rings. The highest BCUT2D eigenvalue weighted by Gasteiger charge is 2.17. The van der Waals surface area contributed by atoms with Gasteiger partial charge in [-0.25, -0.2) is 0 Å². The molecule has 150 valence electrons. The molecule has 4 rings (SSSR count). The Balaban J connectivity index is 2.02. The lowest BCUT2D eigenvalue weighted by Gasteiger charge is -2.07. The summed E-state index contributed by atoms with van der Waals surface area (Å²) in [4.78, 5) is 13.4. The zero-order valence-electron chi connectivity index (χ0n) is 15.2. The largest absolute Gasteiger partial charge is 0.288 e. The van der Waals surface area contributed by atoms with Crippen molar-refractivity contribution in [3.8, 4) is 0 Å². The number of fused-ring (bicyclic) bond motifs is 1. The van der Waals surface area contributed by atoms with E-state index in [1.54, 1.807) is 48.5 Å². The standard InChI is InChI=1S/C22H13Cl2NO3S2/c23-15-11-17(24)21-18(25-30(27,28)16-9-5-2-6-10-16)13-20(29-19(21)12-15)22(26)14-7-3-1-4-8-14/h1-13H/b25-18-. The summed E-state index contributed by atoms with van der Waals surface area (Å²) in [5.74, 6) is -0.243. The minimum absolute atomic E-state index is 0.0479. The highest BCUT2D eigenvalue weighted by Crippen LogP contribution is 2.30. The second-order valence-electron chi connectivity index (χ2n) is 6.33. The fraction of sp³-hybridized carbons (Fsp3) is 0. The fourth-order valence-electron chi connectivity index (χ4n) is 2.91. The molecule has 0 bridgehead atoms. The van der Waals surface area contributed by atoms with E-state index in [4.69, 9.17) is 23.2 Å². The number of benzene rings is 3. The Labute approximate surface area is 187 Å². The number of halogens is 2. The number of hydrogen-bond donors (Lipinski definition) is 0. The summed E-state index contributed by atoms with van der Waals surface area (Å²) in [7, 11) is -4.01. The van der Waals surface area contributed by atoms with E-state index in [9.17, 15) is 13.2 Å². The summed E-state index contributed by atoms with van der Waals surface area (Å²) in [6.07, 6.45) is 0. The van der Waals surface area contributed by atoms with Crippen molar-refractivity contribution >= 4 is 60.4 Å². The van der Waals surface area contributed by atoms with Crippen molar-refractivity contribution in [2.24, 2.45) is 4.40 Å². The smallest absolute Gasteiger partial charge is 0.282 e. The molecular weight excluding hydrogens is 461 g/mol. The van der Waals surface area contributed by atoms with Gasteiger partial charge >= 0.3 is 0 Å². The lowest BCUT2D eigenvalue weighted by atomic mass is 10.1. The van der Waals surface area contributed by atoms with Crippen LogP contribution >= 0.6 is 34.5 Å². The highest BCUT2D eigenvalue weighted by molar-refractivity contribution is 7.90. The highest BCUT2D eigenvalue weighted by atomic mass is 35.5. The van der Waals surface area contributed by atoms with E-state index in [1.807, 2.05) is 6.07 Å². The van der Waals surface area contributed by atoms with Crippen molar-refractivity contribution in [1.29, 1.82) is 0 Å². The lowest BCUT2D eigenvalue weighted by molar-refractivity contribution is 0.104. The molecule has 0 saturated carbocycles. The maximum atomic E-state index is 13.0. The molecule has 1 aromatic heterocycles. The number of carbonyl (C=O) groups is 1. The van der Waals surface area contributed by atoms with Crippen LogP contribution in [0.15, 0.2) is 88.2 Å². The van der Waals surface area contributed by atoms with Crippen molar-refractivity contribution in [1.82, 2.24) is 0 Å². The van der Waals surface area contributed by atoms with E-state index < -0.39 is 10.0 Å². The molecule has 30 heavy (non-hydrogen) atoms. The molecule has 4 nitrogen and oxygen atoms in total. The number of nitrogens with zero attached hydrogens (tertiary/aromatic N) is 1. The van der Waals surface area contributed by atoms with Crippen LogP contribution in [-0.4, -0.2) is 14.2 Å². The molecule has 0 amide bonds. The quantitative estimate of drug-likeness (QED) is 0.355. The first-order chi connectivity index (χ1) is 14.3. The van der Waals surface area contributed by atoms with Crippen molar-refractivity contribution in [3.63, 3.8) is 0 Å². The van der Waals surface area contributed by atoms with E-state index in [1.165, 1.54) is 35.6 Å². The molecule has 0 aliphatic heterocycles. The van der Waals surface area contributed by atoms with E-state index in [0.29, 0.717) is 25.5 Å². The third-order valence-corrected chi connectivity index (χ3v) is 7.17. The Morgan fingerprint density at radius 1 is 0.867 bits per heavy atom. The van der Waals surface area contributed by atoms with Gasteiger partial charge in [-0.05, 0) is 30.3 Å². The number of rotatable bonds is 4. The first-order valence-corrected chi connectivity index (χ1v) is 11.7. The van der Waals surface area contributed by atoms with Gasteiger partial charge in [0.15, 0.2) is 0 Å². The lowest BCUT2D eigenvalue weighted by Crippen LogP contribution is -2.12. The van der Waals surface area contributed by atoms with Gasteiger partial charge in [-0.3, -0.25) is 4.79 Å². The number of hydrogen-bond acceptors (Lipinski definition) is 4. The van der Waals surface area contributed by atoms with E-state index in [-0.39, 0.29) is 21.1 Å². The fourth-order valence-corrected chi connectivity index (χ4v) is 5.75. The molecule has 0 aliphatic carbocycles. The summed E-state index contributed by atoms with van der Waals surface area (Å²) in [5.41, 5.74) is 0.484. The second kappa shape index (κ2) is 8.32. The Bertz CT molecular complexity index is 1430. The van der Waals surface area contributed by atoms with Crippen LogP contribution in [0.5, 0.6) is 0 Å². The van der Waals surface area contributed by atoms with Crippen LogP contribution in [0, 0.1) is 0 Å². The average Bonchev–Trinajstić information content (AvgIpc) is 2.73. The molecule has 8 heteroatoms.